The lowest BCUT2D eigenvalue weighted by Crippen LogP contribution is -2.30. The van der Waals surface area contributed by atoms with Crippen LogP contribution in [0.2, 0.25) is 0 Å². The quantitative estimate of drug-likeness (QED) is 0.828. The van der Waals surface area contributed by atoms with Gasteiger partial charge in [-0.25, -0.2) is 0 Å². The van der Waals surface area contributed by atoms with Gasteiger partial charge in [-0.1, -0.05) is 18.2 Å². The lowest BCUT2D eigenvalue weighted by molar-refractivity contribution is -0.122. The molecule has 1 fully saturated rings. The summed E-state index contributed by atoms with van der Waals surface area (Å²) >= 11 is 0. The van der Waals surface area contributed by atoms with E-state index < -0.39 is 6.10 Å². The summed E-state index contributed by atoms with van der Waals surface area (Å²) in [6.07, 6.45) is 4.52. The van der Waals surface area contributed by atoms with Gasteiger partial charge in [-0.05, 0) is 75.4 Å². The highest BCUT2D eigenvalue weighted by molar-refractivity contribution is 5.94. The van der Waals surface area contributed by atoms with Crippen LogP contribution in [0.1, 0.15) is 38.2 Å². The predicted octanol–water partition coefficient (Wildman–Crippen LogP) is 4.72. The van der Waals surface area contributed by atoms with Crippen LogP contribution in [0.25, 0.3) is 0 Å². The fourth-order valence-corrected chi connectivity index (χ4v) is 2.99. The zero-order chi connectivity index (χ0) is 17.6. The van der Waals surface area contributed by atoms with Crippen LogP contribution >= 0.6 is 0 Å². The summed E-state index contributed by atoms with van der Waals surface area (Å²) in [7, 11) is 0. The van der Waals surface area contributed by atoms with Gasteiger partial charge in [0.15, 0.2) is 6.10 Å². The number of nitrogens with one attached hydrogen (secondary N) is 1. The number of carbonyl (C=O) groups is 1. The third kappa shape index (κ3) is 4.75. The van der Waals surface area contributed by atoms with Crippen molar-refractivity contribution >= 4 is 11.6 Å². The van der Waals surface area contributed by atoms with Gasteiger partial charge < -0.3 is 14.8 Å². The summed E-state index contributed by atoms with van der Waals surface area (Å²) in [5.74, 6) is 1.41. The van der Waals surface area contributed by atoms with E-state index in [-0.39, 0.29) is 5.91 Å². The molecule has 3 rings (SSSR count). The van der Waals surface area contributed by atoms with Gasteiger partial charge in [0.25, 0.3) is 5.91 Å². The van der Waals surface area contributed by atoms with E-state index in [1.807, 2.05) is 55.5 Å². The molecule has 2 aromatic carbocycles. The Morgan fingerprint density at radius 2 is 1.76 bits per heavy atom. The minimum Gasteiger partial charge on any atom is -0.490 e. The zero-order valence-electron chi connectivity index (χ0n) is 14.8. The number of hydrogen-bond donors (Lipinski definition) is 1. The van der Waals surface area contributed by atoms with Crippen molar-refractivity contribution in [1.82, 2.24) is 0 Å². The second kappa shape index (κ2) is 8.06. The average molecular weight is 339 g/mol. The second-order valence-electron chi connectivity index (χ2n) is 6.56. The first kappa shape index (κ1) is 17.3. The van der Waals surface area contributed by atoms with Crippen molar-refractivity contribution in [3.63, 3.8) is 0 Å². The minimum atomic E-state index is -0.574. The Hall–Kier alpha value is -2.49. The van der Waals surface area contributed by atoms with Gasteiger partial charge in [-0.15, -0.1) is 0 Å². The number of benzene rings is 2. The first-order valence-corrected chi connectivity index (χ1v) is 8.92. The SMILES string of the molecule is Cc1ccccc1OC(C)C(=O)Nc1ccc(OC2CCCC2)cc1. The number of carbonyl (C=O) groups excluding carboxylic acids is 1. The molecule has 25 heavy (non-hydrogen) atoms. The largest absolute Gasteiger partial charge is 0.490 e. The van der Waals surface area contributed by atoms with Gasteiger partial charge >= 0.3 is 0 Å². The highest BCUT2D eigenvalue weighted by Gasteiger charge is 2.17. The van der Waals surface area contributed by atoms with E-state index in [2.05, 4.69) is 5.32 Å². The molecular formula is C21H25NO3. The summed E-state index contributed by atoms with van der Waals surface area (Å²) in [5.41, 5.74) is 1.75. The molecule has 132 valence electrons. The Balaban J connectivity index is 1.54. The third-order valence-electron chi connectivity index (χ3n) is 4.49. The van der Waals surface area contributed by atoms with Crippen molar-refractivity contribution in [1.29, 1.82) is 0 Å². The van der Waals surface area contributed by atoms with Crippen molar-refractivity contribution in [2.45, 2.75) is 51.7 Å². The molecule has 4 nitrogen and oxygen atoms in total. The van der Waals surface area contributed by atoms with Gasteiger partial charge in [-0.3, -0.25) is 4.79 Å². The number of anilines is 1. The Bertz CT molecular complexity index is 705. The molecule has 1 saturated carbocycles. The molecular weight excluding hydrogens is 314 g/mol. The number of para-hydroxylation sites is 1. The molecule has 2 aromatic rings. The Morgan fingerprint density at radius 3 is 2.44 bits per heavy atom. The summed E-state index contributed by atoms with van der Waals surface area (Å²) in [6, 6.07) is 15.2. The van der Waals surface area contributed by atoms with Crippen molar-refractivity contribution < 1.29 is 14.3 Å². The highest BCUT2D eigenvalue weighted by Crippen LogP contribution is 2.25. The van der Waals surface area contributed by atoms with Crippen molar-refractivity contribution in [3.8, 4) is 11.5 Å². The molecule has 1 amide bonds. The van der Waals surface area contributed by atoms with Gasteiger partial charge in [0.2, 0.25) is 0 Å². The van der Waals surface area contributed by atoms with Crippen LogP contribution < -0.4 is 14.8 Å². The maximum Gasteiger partial charge on any atom is 0.265 e. The van der Waals surface area contributed by atoms with E-state index in [9.17, 15) is 4.79 Å². The number of aryl methyl sites for hydroxylation is 1. The number of rotatable bonds is 6. The lowest BCUT2D eigenvalue weighted by atomic mass is 10.2. The molecule has 0 bridgehead atoms. The van der Waals surface area contributed by atoms with E-state index in [0.29, 0.717) is 6.10 Å². The lowest BCUT2D eigenvalue weighted by Gasteiger charge is -2.17. The topological polar surface area (TPSA) is 47.6 Å². The van der Waals surface area contributed by atoms with E-state index in [1.54, 1.807) is 6.92 Å². The zero-order valence-corrected chi connectivity index (χ0v) is 14.8. The van der Waals surface area contributed by atoms with Gasteiger partial charge in [0.05, 0.1) is 6.10 Å². The number of ether oxygens (including phenoxy) is 2. The average Bonchev–Trinajstić information content (AvgIpc) is 3.11. The van der Waals surface area contributed by atoms with E-state index in [1.165, 1.54) is 12.8 Å². The molecule has 0 spiro atoms. The Morgan fingerprint density at radius 1 is 1.08 bits per heavy atom. The smallest absolute Gasteiger partial charge is 0.265 e. The van der Waals surface area contributed by atoms with E-state index >= 15 is 0 Å². The summed E-state index contributed by atoms with van der Waals surface area (Å²) in [5, 5.41) is 2.88. The van der Waals surface area contributed by atoms with Gasteiger partial charge in [0.1, 0.15) is 11.5 Å². The number of amides is 1. The molecule has 0 heterocycles. The molecule has 0 aliphatic heterocycles. The van der Waals surface area contributed by atoms with Gasteiger partial charge in [-0.2, -0.15) is 0 Å². The predicted molar refractivity (Wildman–Crippen MR) is 99.2 cm³/mol. The second-order valence-corrected chi connectivity index (χ2v) is 6.56. The van der Waals surface area contributed by atoms with Crippen molar-refractivity contribution in [2.24, 2.45) is 0 Å². The maximum absolute atomic E-state index is 12.3. The van der Waals surface area contributed by atoms with Crippen LogP contribution in [0.3, 0.4) is 0 Å². The first-order chi connectivity index (χ1) is 12.1. The summed E-state index contributed by atoms with van der Waals surface area (Å²) < 4.78 is 11.7. The normalized spacial score (nSPS) is 15.6. The molecule has 0 saturated heterocycles. The maximum atomic E-state index is 12.3. The van der Waals surface area contributed by atoms with Gasteiger partial charge in [0, 0.05) is 5.69 Å². The molecule has 0 aromatic heterocycles. The van der Waals surface area contributed by atoms with E-state index in [0.717, 1.165) is 35.6 Å². The Kier molecular flexibility index (Phi) is 5.59. The molecule has 4 heteroatoms. The van der Waals surface area contributed by atoms with Crippen LogP contribution in [0, 0.1) is 6.92 Å². The van der Waals surface area contributed by atoms with Crippen LogP contribution in [0.4, 0.5) is 5.69 Å². The molecule has 1 aliphatic rings. The van der Waals surface area contributed by atoms with Crippen molar-refractivity contribution in [2.75, 3.05) is 5.32 Å². The van der Waals surface area contributed by atoms with Crippen LogP contribution in [-0.4, -0.2) is 18.1 Å². The van der Waals surface area contributed by atoms with Crippen LogP contribution in [0.15, 0.2) is 48.5 Å². The standard InChI is InChI=1S/C21H25NO3/c1-15-7-3-6-10-20(15)24-16(2)21(23)22-17-11-13-19(14-12-17)25-18-8-4-5-9-18/h3,6-7,10-14,16,18H,4-5,8-9H2,1-2H3,(H,22,23). The first-order valence-electron chi connectivity index (χ1n) is 8.92. The van der Waals surface area contributed by atoms with Crippen LogP contribution in [0.5, 0.6) is 11.5 Å². The fourth-order valence-electron chi connectivity index (χ4n) is 2.99. The summed E-state index contributed by atoms with van der Waals surface area (Å²) in [4.78, 5) is 12.3. The molecule has 1 aliphatic carbocycles. The highest BCUT2D eigenvalue weighted by atomic mass is 16.5. The fraction of sp³-hybridized carbons (Fsp3) is 0.381. The molecule has 0 radical (unpaired) electrons. The number of hydrogen-bond acceptors (Lipinski definition) is 3. The molecule has 1 unspecified atom stereocenters. The molecule has 1 atom stereocenters. The third-order valence-corrected chi connectivity index (χ3v) is 4.49. The summed E-state index contributed by atoms with van der Waals surface area (Å²) in [6.45, 7) is 3.71. The Labute approximate surface area is 149 Å². The monoisotopic (exact) mass is 339 g/mol. The van der Waals surface area contributed by atoms with E-state index in [4.69, 9.17) is 9.47 Å². The molecule has 1 N–H and O–H groups in total. The minimum absolute atomic E-state index is 0.173. The van der Waals surface area contributed by atoms with Crippen LogP contribution in [-0.2, 0) is 4.79 Å². The van der Waals surface area contributed by atoms with Crippen molar-refractivity contribution in [3.05, 3.63) is 54.1 Å².